The Labute approximate surface area is 103 Å². The maximum atomic E-state index is 5.08. The third-order valence-electron chi connectivity index (χ3n) is 3.25. The van der Waals surface area contributed by atoms with Gasteiger partial charge in [-0.15, -0.1) is 0 Å². The van der Waals surface area contributed by atoms with E-state index in [2.05, 4.69) is 42.0 Å². The van der Waals surface area contributed by atoms with Crippen molar-refractivity contribution in [2.24, 2.45) is 0 Å². The van der Waals surface area contributed by atoms with E-state index in [-0.39, 0.29) is 0 Å². The Morgan fingerprint density at radius 3 is 2.76 bits per heavy atom. The minimum Gasteiger partial charge on any atom is -0.385 e. The molecule has 0 bridgehead atoms. The highest BCUT2D eigenvalue weighted by molar-refractivity contribution is 5.83. The maximum absolute atomic E-state index is 5.08. The maximum Gasteiger partial charge on any atom is 0.0483 e. The van der Waals surface area contributed by atoms with Crippen LogP contribution in [-0.2, 0) is 17.7 Å². The molecule has 0 N–H and O–H groups in total. The van der Waals surface area contributed by atoms with Gasteiger partial charge in [0.15, 0.2) is 0 Å². The lowest BCUT2D eigenvalue weighted by Crippen LogP contribution is -1.98. The predicted molar refractivity (Wildman–Crippen MR) is 72.4 cm³/mol. The Bertz CT molecular complexity index is 473. The fraction of sp³-hybridized carbons (Fsp3) is 0.467. The molecule has 1 heterocycles. The van der Waals surface area contributed by atoms with Crippen molar-refractivity contribution in [2.45, 2.75) is 32.7 Å². The minimum atomic E-state index is 0.861. The summed E-state index contributed by atoms with van der Waals surface area (Å²) in [5, 5.41) is 1.40. The average Bonchev–Trinajstić information content (AvgIpc) is 2.73. The van der Waals surface area contributed by atoms with E-state index in [1.54, 1.807) is 7.11 Å². The van der Waals surface area contributed by atoms with E-state index in [1.807, 2.05) is 0 Å². The molecule has 2 heteroatoms. The molecule has 0 fully saturated rings. The molecule has 92 valence electrons. The molecular weight excluding hydrogens is 210 g/mol. The van der Waals surface area contributed by atoms with Crippen molar-refractivity contribution in [1.29, 1.82) is 0 Å². The summed E-state index contributed by atoms with van der Waals surface area (Å²) in [6.45, 7) is 4.17. The van der Waals surface area contributed by atoms with E-state index < -0.39 is 0 Å². The number of ether oxygens (including phenoxy) is 1. The Morgan fingerprint density at radius 2 is 2.00 bits per heavy atom. The summed E-state index contributed by atoms with van der Waals surface area (Å²) in [7, 11) is 1.76. The van der Waals surface area contributed by atoms with Crippen molar-refractivity contribution < 1.29 is 4.74 Å². The topological polar surface area (TPSA) is 14.2 Å². The number of aryl methyl sites for hydroxylation is 2. The van der Waals surface area contributed by atoms with E-state index in [1.165, 1.54) is 22.9 Å². The molecule has 0 aliphatic carbocycles. The van der Waals surface area contributed by atoms with Crippen LogP contribution in [-0.4, -0.2) is 18.3 Å². The largest absolute Gasteiger partial charge is 0.385 e. The summed E-state index contributed by atoms with van der Waals surface area (Å²) >= 11 is 0. The molecule has 0 saturated carbocycles. The SMILES string of the molecule is CCc1cn(CCCCOC)c2ccccc12. The Hall–Kier alpha value is -1.28. The van der Waals surface area contributed by atoms with Crippen molar-refractivity contribution in [3.05, 3.63) is 36.0 Å². The zero-order valence-electron chi connectivity index (χ0n) is 10.8. The third-order valence-corrected chi connectivity index (χ3v) is 3.25. The molecule has 1 aromatic carbocycles. The van der Waals surface area contributed by atoms with E-state index in [0.29, 0.717) is 0 Å². The zero-order valence-corrected chi connectivity index (χ0v) is 10.8. The first kappa shape index (κ1) is 12.2. The van der Waals surface area contributed by atoms with Gasteiger partial charge in [-0.05, 0) is 30.9 Å². The summed E-state index contributed by atoms with van der Waals surface area (Å²) in [5.74, 6) is 0. The second-order valence-corrected chi connectivity index (χ2v) is 4.42. The molecule has 0 atom stereocenters. The number of methoxy groups -OCH3 is 1. The van der Waals surface area contributed by atoms with Crippen LogP contribution in [0.25, 0.3) is 10.9 Å². The highest BCUT2D eigenvalue weighted by atomic mass is 16.5. The second-order valence-electron chi connectivity index (χ2n) is 4.42. The van der Waals surface area contributed by atoms with Gasteiger partial charge in [-0.2, -0.15) is 0 Å². The molecule has 0 aliphatic heterocycles. The standard InChI is InChI=1S/C15H21NO/c1-3-13-12-16(10-6-7-11-17-2)15-9-5-4-8-14(13)15/h4-5,8-9,12H,3,6-7,10-11H2,1-2H3. The van der Waals surface area contributed by atoms with Gasteiger partial charge in [-0.25, -0.2) is 0 Å². The molecule has 1 aromatic heterocycles. The highest BCUT2D eigenvalue weighted by Crippen LogP contribution is 2.22. The van der Waals surface area contributed by atoms with Crippen molar-refractivity contribution in [3.8, 4) is 0 Å². The fourth-order valence-corrected chi connectivity index (χ4v) is 2.32. The molecule has 2 aromatic rings. The first-order valence-corrected chi connectivity index (χ1v) is 6.42. The van der Waals surface area contributed by atoms with E-state index in [0.717, 1.165) is 26.0 Å². The molecule has 2 rings (SSSR count). The van der Waals surface area contributed by atoms with Crippen LogP contribution in [0.1, 0.15) is 25.3 Å². The lowest BCUT2D eigenvalue weighted by molar-refractivity contribution is 0.191. The minimum absolute atomic E-state index is 0.861. The summed E-state index contributed by atoms with van der Waals surface area (Å²) in [6.07, 6.45) is 5.71. The summed E-state index contributed by atoms with van der Waals surface area (Å²) < 4.78 is 7.46. The quantitative estimate of drug-likeness (QED) is 0.692. The van der Waals surface area contributed by atoms with E-state index in [9.17, 15) is 0 Å². The molecule has 0 radical (unpaired) electrons. The van der Waals surface area contributed by atoms with E-state index >= 15 is 0 Å². The van der Waals surface area contributed by atoms with Crippen LogP contribution in [0.3, 0.4) is 0 Å². The van der Waals surface area contributed by atoms with Gasteiger partial charge in [0.05, 0.1) is 0 Å². The number of aromatic nitrogens is 1. The molecule has 0 aliphatic rings. The van der Waals surface area contributed by atoms with Gasteiger partial charge in [0, 0.05) is 37.4 Å². The smallest absolute Gasteiger partial charge is 0.0483 e. The van der Waals surface area contributed by atoms with Crippen LogP contribution in [0.4, 0.5) is 0 Å². The van der Waals surface area contributed by atoms with Gasteiger partial charge in [-0.3, -0.25) is 0 Å². The zero-order chi connectivity index (χ0) is 12.1. The van der Waals surface area contributed by atoms with Crippen LogP contribution in [0.15, 0.2) is 30.5 Å². The third kappa shape index (κ3) is 2.70. The lowest BCUT2D eigenvalue weighted by atomic mass is 10.1. The number of fused-ring (bicyclic) bond motifs is 1. The van der Waals surface area contributed by atoms with Gasteiger partial charge in [0.25, 0.3) is 0 Å². The van der Waals surface area contributed by atoms with Gasteiger partial charge >= 0.3 is 0 Å². The van der Waals surface area contributed by atoms with Crippen molar-refractivity contribution in [2.75, 3.05) is 13.7 Å². The normalized spacial score (nSPS) is 11.2. The van der Waals surface area contributed by atoms with E-state index in [4.69, 9.17) is 4.74 Å². The Morgan fingerprint density at radius 1 is 1.18 bits per heavy atom. The summed E-state index contributed by atoms with van der Waals surface area (Å²) in [4.78, 5) is 0. The molecule has 17 heavy (non-hydrogen) atoms. The van der Waals surface area contributed by atoms with Crippen LogP contribution in [0.5, 0.6) is 0 Å². The van der Waals surface area contributed by atoms with Crippen molar-refractivity contribution in [3.63, 3.8) is 0 Å². The first-order chi connectivity index (χ1) is 8.36. The van der Waals surface area contributed by atoms with Crippen molar-refractivity contribution in [1.82, 2.24) is 4.57 Å². The molecule has 0 saturated heterocycles. The van der Waals surface area contributed by atoms with Gasteiger partial charge in [0.2, 0.25) is 0 Å². The van der Waals surface area contributed by atoms with Crippen molar-refractivity contribution >= 4 is 10.9 Å². The Kier molecular flexibility index (Phi) is 4.21. The van der Waals surface area contributed by atoms with Gasteiger partial charge in [-0.1, -0.05) is 25.1 Å². The number of para-hydroxylation sites is 1. The summed E-state index contributed by atoms with van der Waals surface area (Å²) in [6, 6.07) is 8.68. The molecule has 0 unspecified atom stereocenters. The molecular formula is C15H21NO. The number of unbranched alkanes of at least 4 members (excludes halogenated alkanes) is 1. The van der Waals surface area contributed by atoms with Crippen LogP contribution in [0.2, 0.25) is 0 Å². The summed E-state index contributed by atoms with van der Waals surface area (Å²) in [5.41, 5.74) is 2.81. The molecule has 0 spiro atoms. The van der Waals surface area contributed by atoms with Gasteiger partial charge < -0.3 is 9.30 Å². The van der Waals surface area contributed by atoms with Crippen LogP contribution < -0.4 is 0 Å². The molecule has 0 amide bonds. The average molecular weight is 231 g/mol. The number of hydrogen-bond acceptors (Lipinski definition) is 1. The Balaban J connectivity index is 2.16. The number of rotatable bonds is 6. The van der Waals surface area contributed by atoms with Crippen LogP contribution >= 0.6 is 0 Å². The molecule has 2 nitrogen and oxygen atoms in total. The number of nitrogens with zero attached hydrogens (tertiary/aromatic N) is 1. The first-order valence-electron chi connectivity index (χ1n) is 6.42. The second kappa shape index (κ2) is 5.87. The number of hydrogen-bond donors (Lipinski definition) is 0. The highest BCUT2D eigenvalue weighted by Gasteiger charge is 2.05. The van der Waals surface area contributed by atoms with Gasteiger partial charge in [0.1, 0.15) is 0 Å². The monoisotopic (exact) mass is 231 g/mol. The number of benzene rings is 1. The lowest BCUT2D eigenvalue weighted by Gasteiger charge is -2.04. The fourth-order valence-electron chi connectivity index (χ4n) is 2.32. The predicted octanol–water partition coefficient (Wildman–Crippen LogP) is 3.63. The van der Waals surface area contributed by atoms with Crippen LogP contribution in [0, 0.1) is 0 Å².